The lowest BCUT2D eigenvalue weighted by Gasteiger charge is -2.18. The molecule has 4 aromatic rings. The van der Waals surface area contributed by atoms with Crippen molar-refractivity contribution in [2.24, 2.45) is 0 Å². The number of para-hydroxylation sites is 1. The molecule has 7 nitrogen and oxygen atoms in total. The molecular weight excluding hydrogens is 412 g/mol. The van der Waals surface area contributed by atoms with Crippen LogP contribution < -0.4 is 9.62 Å². The zero-order valence-electron chi connectivity index (χ0n) is 16.6. The summed E-state index contributed by atoms with van der Waals surface area (Å²) in [5.41, 5.74) is 2.49. The van der Waals surface area contributed by atoms with E-state index in [0.717, 1.165) is 16.6 Å². The maximum atomic E-state index is 13.0. The predicted octanol–water partition coefficient (Wildman–Crippen LogP) is 2.89. The van der Waals surface area contributed by atoms with Crippen molar-refractivity contribution < 1.29 is 13.2 Å². The summed E-state index contributed by atoms with van der Waals surface area (Å²) >= 11 is 0. The monoisotopic (exact) mass is 432 g/mol. The third-order valence-corrected chi connectivity index (χ3v) is 7.16. The fourth-order valence-electron chi connectivity index (χ4n) is 3.87. The van der Waals surface area contributed by atoms with Crippen LogP contribution in [0.2, 0.25) is 0 Å². The van der Waals surface area contributed by atoms with Crippen LogP contribution in [0, 0.1) is 0 Å². The molecule has 0 atom stereocenters. The molecule has 1 aliphatic rings. The molecule has 5 rings (SSSR count). The van der Waals surface area contributed by atoms with Gasteiger partial charge < -0.3 is 5.32 Å². The lowest BCUT2D eigenvalue weighted by Crippen LogP contribution is -2.39. The van der Waals surface area contributed by atoms with Crippen LogP contribution in [0.4, 0.5) is 5.69 Å². The van der Waals surface area contributed by atoms with Crippen LogP contribution in [0.25, 0.3) is 16.5 Å². The Morgan fingerprint density at radius 1 is 0.968 bits per heavy atom. The van der Waals surface area contributed by atoms with E-state index in [2.05, 4.69) is 10.4 Å². The topological polar surface area (TPSA) is 84.3 Å². The number of hydrogen-bond acceptors (Lipinski definition) is 4. The second-order valence-corrected chi connectivity index (χ2v) is 9.20. The van der Waals surface area contributed by atoms with Crippen molar-refractivity contribution in [3.05, 3.63) is 84.7 Å². The van der Waals surface area contributed by atoms with E-state index in [0.29, 0.717) is 24.0 Å². The normalized spacial score (nSPS) is 14.1. The van der Waals surface area contributed by atoms with Gasteiger partial charge in [-0.05, 0) is 41.6 Å². The second-order valence-electron chi connectivity index (χ2n) is 7.37. The molecule has 8 heteroatoms. The van der Waals surface area contributed by atoms with Crippen LogP contribution in [0.15, 0.2) is 84.0 Å². The van der Waals surface area contributed by atoms with E-state index >= 15 is 0 Å². The number of benzene rings is 3. The van der Waals surface area contributed by atoms with E-state index in [-0.39, 0.29) is 17.3 Å². The van der Waals surface area contributed by atoms with Crippen LogP contribution in [-0.4, -0.2) is 37.2 Å². The molecule has 156 valence electrons. The van der Waals surface area contributed by atoms with E-state index in [1.54, 1.807) is 35.1 Å². The van der Waals surface area contributed by atoms with Gasteiger partial charge in [0, 0.05) is 18.1 Å². The first kappa shape index (κ1) is 19.3. The Morgan fingerprint density at radius 3 is 2.55 bits per heavy atom. The molecule has 0 saturated heterocycles. The molecule has 31 heavy (non-hydrogen) atoms. The van der Waals surface area contributed by atoms with Crippen LogP contribution in [0.5, 0.6) is 0 Å². The summed E-state index contributed by atoms with van der Waals surface area (Å²) in [6, 6.07) is 20.4. The number of aromatic nitrogens is 2. The first-order valence-corrected chi connectivity index (χ1v) is 11.4. The van der Waals surface area contributed by atoms with Gasteiger partial charge in [0.25, 0.3) is 10.0 Å². The van der Waals surface area contributed by atoms with Gasteiger partial charge in [-0.25, -0.2) is 13.1 Å². The predicted molar refractivity (Wildman–Crippen MR) is 119 cm³/mol. The first-order valence-electron chi connectivity index (χ1n) is 9.94. The molecule has 1 aromatic heterocycles. The number of nitrogens with zero attached hydrogens (tertiary/aromatic N) is 3. The summed E-state index contributed by atoms with van der Waals surface area (Å²) < 4.78 is 28.9. The highest BCUT2D eigenvalue weighted by atomic mass is 32.2. The number of carbonyl (C=O) groups excluding carboxylic acids is 1. The summed E-state index contributed by atoms with van der Waals surface area (Å²) in [4.78, 5) is 12.8. The van der Waals surface area contributed by atoms with E-state index in [4.69, 9.17) is 0 Å². The Balaban J connectivity index is 1.24. The van der Waals surface area contributed by atoms with Gasteiger partial charge in [0.05, 0.1) is 22.5 Å². The average molecular weight is 433 g/mol. The van der Waals surface area contributed by atoms with Gasteiger partial charge in [0.1, 0.15) is 6.54 Å². The third kappa shape index (κ3) is 3.44. The minimum absolute atomic E-state index is 0.251. The van der Waals surface area contributed by atoms with E-state index < -0.39 is 10.0 Å². The molecule has 1 amide bonds. The van der Waals surface area contributed by atoms with Crippen LogP contribution >= 0.6 is 0 Å². The number of hydrogen-bond donors (Lipinski definition) is 1. The molecule has 0 fully saturated rings. The first-order chi connectivity index (χ1) is 15.0. The summed E-state index contributed by atoms with van der Waals surface area (Å²) in [6.45, 7) is 0.143. The highest BCUT2D eigenvalue weighted by molar-refractivity contribution is 7.93. The van der Waals surface area contributed by atoms with Gasteiger partial charge in [0.2, 0.25) is 5.91 Å². The number of carbonyl (C=O) groups is 1. The Kier molecular flexibility index (Phi) is 4.71. The number of anilines is 1. The Labute approximate surface area is 180 Å². The molecule has 3 aromatic carbocycles. The minimum atomic E-state index is -3.74. The van der Waals surface area contributed by atoms with Crippen LogP contribution in [-0.2, 0) is 21.2 Å². The smallest absolute Gasteiger partial charge is 0.265 e. The van der Waals surface area contributed by atoms with E-state index in [1.807, 2.05) is 48.7 Å². The van der Waals surface area contributed by atoms with Gasteiger partial charge in [-0.2, -0.15) is 5.10 Å². The van der Waals surface area contributed by atoms with Crippen LogP contribution in [0.3, 0.4) is 0 Å². The number of nitrogens with one attached hydrogen (secondary N) is 1. The molecule has 2 heterocycles. The van der Waals surface area contributed by atoms with E-state index in [9.17, 15) is 13.2 Å². The lowest BCUT2D eigenvalue weighted by atomic mass is 10.1. The van der Waals surface area contributed by atoms with Gasteiger partial charge in [-0.15, -0.1) is 0 Å². The number of amides is 1. The maximum Gasteiger partial charge on any atom is 0.265 e. The van der Waals surface area contributed by atoms with E-state index in [1.165, 1.54) is 4.31 Å². The highest BCUT2D eigenvalue weighted by Gasteiger charge is 2.36. The summed E-state index contributed by atoms with van der Waals surface area (Å²) in [7, 11) is -3.74. The fourth-order valence-corrected chi connectivity index (χ4v) is 5.54. The second kappa shape index (κ2) is 7.55. The third-order valence-electron chi connectivity index (χ3n) is 5.36. The summed E-state index contributed by atoms with van der Waals surface area (Å²) in [6.07, 6.45) is 4.28. The van der Waals surface area contributed by atoms with Crippen molar-refractivity contribution in [1.29, 1.82) is 0 Å². The standard InChI is InChI=1S/C23H20N4O3S/c28-22(24-13-12-17-14-25-26(15-17)19-8-2-1-3-9-19)16-27-20-10-4-6-18-7-5-11-21(23(18)20)31(27,29)30/h1-11,14-15H,12-13,16H2,(H,24,28). The zero-order valence-corrected chi connectivity index (χ0v) is 17.4. The van der Waals surface area contributed by atoms with Gasteiger partial charge >= 0.3 is 0 Å². The molecule has 1 aliphatic heterocycles. The molecule has 0 spiro atoms. The number of sulfonamides is 1. The lowest BCUT2D eigenvalue weighted by molar-refractivity contribution is -0.119. The quantitative estimate of drug-likeness (QED) is 0.508. The highest BCUT2D eigenvalue weighted by Crippen LogP contribution is 2.41. The molecule has 0 aliphatic carbocycles. The van der Waals surface area contributed by atoms with Crippen molar-refractivity contribution in [2.45, 2.75) is 11.3 Å². The average Bonchev–Trinajstić information content (AvgIpc) is 3.33. The molecule has 0 radical (unpaired) electrons. The largest absolute Gasteiger partial charge is 0.354 e. The molecule has 1 N–H and O–H groups in total. The Bertz CT molecular complexity index is 1380. The molecule has 0 bridgehead atoms. The zero-order chi connectivity index (χ0) is 21.4. The Morgan fingerprint density at radius 2 is 1.74 bits per heavy atom. The van der Waals surface area contributed by atoms with Gasteiger partial charge in [-0.1, -0.05) is 42.5 Å². The summed E-state index contributed by atoms with van der Waals surface area (Å²) in [5.74, 6) is -0.344. The molecule has 0 saturated carbocycles. The van der Waals surface area contributed by atoms with Crippen molar-refractivity contribution in [1.82, 2.24) is 15.1 Å². The van der Waals surface area contributed by atoms with Crippen molar-refractivity contribution in [3.8, 4) is 5.69 Å². The fraction of sp³-hybridized carbons (Fsp3) is 0.130. The van der Waals surface area contributed by atoms with Crippen molar-refractivity contribution in [3.63, 3.8) is 0 Å². The van der Waals surface area contributed by atoms with Gasteiger partial charge in [-0.3, -0.25) is 9.10 Å². The minimum Gasteiger partial charge on any atom is -0.354 e. The summed E-state index contributed by atoms with van der Waals surface area (Å²) in [5, 5.41) is 8.69. The molecule has 0 unspecified atom stereocenters. The molecular formula is C23H20N4O3S. The number of rotatable bonds is 6. The van der Waals surface area contributed by atoms with Gasteiger partial charge in [0.15, 0.2) is 0 Å². The van der Waals surface area contributed by atoms with Crippen LogP contribution in [0.1, 0.15) is 5.56 Å². The SMILES string of the molecule is O=C(CN1c2cccc3cccc(c23)S1(=O)=O)NCCc1cnn(-c2ccccc2)c1. The van der Waals surface area contributed by atoms with Crippen molar-refractivity contribution in [2.75, 3.05) is 17.4 Å². The van der Waals surface area contributed by atoms with Crippen molar-refractivity contribution >= 4 is 32.4 Å². The Hall–Kier alpha value is -3.65. The maximum absolute atomic E-state index is 13.0.